The number of likely N-dealkylation sites (N-methyl/N-ethyl adjacent to an activating group) is 1. The van der Waals surface area contributed by atoms with Crippen LogP contribution in [-0.4, -0.2) is 58.3 Å². The Morgan fingerprint density at radius 2 is 2.15 bits per heavy atom. The van der Waals surface area contributed by atoms with Crippen molar-refractivity contribution in [1.82, 2.24) is 26.6 Å². The average Bonchev–Trinajstić information content (AvgIpc) is 3.35. The minimum Gasteiger partial charge on any atom is -0.397 e. The molecule has 0 aromatic heterocycles. The van der Waals surface area contributed by atoms with E-state index >= 15 is 0 Å². The van der Waals surface area contributed by atoms with Gasteiger partial charge in [0.25, 0.3) is 0 Å². The summed E-state index contributed by atoms with van der Waals surface area (Å²) in [6.45, 7) is 4.64. The van der Waals surface area contributed by atoms with Gasteiger partial charge in [0.05, 0.1) is 24.5 Å². The van der Waals surface area contributed by atoms with Crippen LogP contribution in [0.1, 0.15) is 24.5 Å². The summed E-state index contributed by atoms with van der Waals surface area (Å²) in [5.41, 5.74) is 9.95. The first kappa shape index (κ1) is 25.7. The van der Waals surface area contributed by atoms with Crippen LogP contribution >= 0.6 is 0 Å². The number of carbonyl (C=O) groups excluding carboxylic acids is 1. The van der Waals surface area contributed by atoms with Gasteiger partial charge >= 0.3 is 0 Å². The lowest BCUT2D eigenvalue weighted by Gasteiger charge is -2.30. The fourth-order valence-corrected chi connectivity index (χ4v) is 4.28. The number of hydrogen-bond acceptors (Lipinski definition) is 8. The lowest BCUT2D eigenvalue weighted by molar-refractivity contribution is -0.119. The van der Waals surface area contributed by atoms with Crippen LogP contribution in [-0.2, 0) is 16.1 Å². The summed E-state index contributed by atoms with van der Waals surface area (Å²) in [6.07, 6.45) is 6.29. The minimum absolute atomic E-state index is 0.0488. The van der Waals surface area contributed by atoms with Crippen molar-refractivity contribution < 1.29 is 13.9 Å². The second-order valence-electron chi connectivity index (χ2n) is 8.77. The zero-order valence-corrected chi connectivity index (χ0v) is 20.2. The number of rotatable bonds is 12. The average molecular weight is 473 g/mol. The highest BCUT2D eigenvalue weighted by Gasteiger charge is 2.29. The van der Waals surface area contributed by atoms with Gasteiger partial charge in [-0.15, -0.1) is 0 Å². The van der Waals surface area contributed by atoms with E-state index in [0.717, 1.165) is 29.7 Å². The van der Waals surface area contributed by atoms with Crippen LogP contribution in [0.25, 0.3) is 5.57 Å². The Hall–Kier alpha value is -2.88. The van der Waals surface area contributed by atoms with Gasteiger partial charge in [-0.3, -0.25) is 4.79 Å². The van der Waals surface area contributed by atoms with Gasteiger partial charge in [0.15, 0.2) is 5.78 Å². The molecular formula is C25H37FN6O2. The summed E-state index contributed by atoms with van der Waals surface area (Å²) in [6, 6.07) is 4.49. The van der Waals surface area contributed by atoms with Crippen molar-refractivity contribution in [2.75, 3.05) is 40.4 Å². The molecule has 8 nitrogen and oxygen atoms in total. The smallest absolute Gasteiger partial charge is 0.174 e. The second-order valence-corrected chi connectivity index (χ2v) is 8.77. The molecule has 3 rings (SSSR count). The van der Waals surface area contributed by atoms with E-state index in [1.54, 1.807) is 12.3 Å². The number of nitrogens with two attached hydrogens (primary N) is 1. The highest BCUT2D eigenvalue weighted by molar-refractivity contribution is 5.89. The van der Waals surface area contributed by atoms with Crippen molar-refractivity contribution >= 4 is 11.4 Å². The molecule has 0 amide bonds. The Bertz CT molecular complexity index is 939. The van der Waals surface area contributed by atoms with Gasteiger partial charge in [0, 0.05) is 44.9 Å². The van der Waals surface area contributed by atoms with Gasteiger partial charge < -0.3 is 37.1 Å². The molecule has 2 aliphatic heterocycles. The monoisotopic (exact) mass is 472 g/mol. The van der Waals surface area contributed by atoms with E-state index in [0.29, 0.717) is 37.0 Å². The van der Waals surface area contributed by atoms with Crippen molar-refractivity contribution in [3.05, 3.63) is 65.0 Å². The number of hydrogen-bond donors (Lipinski definition) is 6. The number of ketones is 1. The molecule has 1 aromatic rings. The fourth-order valence-electron chi connectivity index (χ4n) is 4.28. The van der Waals surface area contributed by atoms with Crippen LogP contribution in [0.2, 0.25) is 0 Å². The predicted octanol–water partition coefficient (Wildman–Crippen LogP) is 0.935. The SMILES string of the molecule is CN/C=C(\CNC)c1cc(F)cc(CNCC(=O)C2NC=CC(N)=C2NC(C)C2CCOC2)c1. The Morgan fingerprint density at radius 3 is 2.85 bits per heavy atom. The number of ether oxygens (including phenoxy) is 1. The Labute approximate surface area is 201 Å². The van der Waals surface area contributed by atoms with Gasteiger partial charge in [-0.2, -0.15) is 0 Å². The highest BCUT2D eigenvalue weighted by Crippen LogP contribution is 2.20. The van der Waals surface area contributed by atoms with Crippen molar-refractivity contribution in [1.29, 1.82) is 0 Å². The lowest BCUT2D eigenvalue weighted by atomic mass is 9.97. The summed E-state index contributed by atoms with van der Waals surface area (Å²) < 4.78 is 19.8. The zero-order chi connectivity index (χ0) is 24.5. The van der Waals surface area contributed by atoms with Crippen molar-refractivity contribution in [3.8, 4) is 0 Å². The maximum absolute atomic E-state index is 14.3. The molecule has 0 spiro atoms. The summed E-state index contributed by atoms with van der Waals surface area (Å²) in [4.78, 5) is 13.0. The van der Waals surface area contributed by atoms with Crippen LogP contribution < -0.4 is 32.3 Å². The van der Waals surface area contributed by atoms with Crippen LogP contribution in [0.5, 0.6) is 0 Å². The maximum Gasteiger partial charge on any atom is 0.174 e. The standard InChI is InChI=1S/C25H37FN6O2/c1-16(18-5-7-34-15-18)32-24-22(27)4-6-31-25(24)23(33)14-30-11-17-8-19(10-21(26)9-17)20(12-28-2)13-29-3/h4,6,8-10,12,16,18,25,28-32H,5,7,11,13-15,27H2,1-3H3/b20-12+. The number of halogens is 1. The molecule has 0 saturated carbocycles. The van der Waals surface area contributed by atoms with Crippen molar-refractivity contribution in [3.63, 3.8) is 0 Å². The summed E-state index contributed by atoms with van der Waals surface area (Å²) in [7, 11) is 3.65. The molecule has 0 bridgehead atoms. The summed E-state index contributed by atoms with van der Waals surface area (Å²) >= 11 is 0. The van der Waals surface area contributed by atoms with Crippen LogP contribution in [0.4, 0.5) is 4.39 Å². The molecule has 3 atom stereocenters. The molecule has 1 saturated heterocycles. The van der Waals surface area contributed by atoms with Crippen LogP contribution in [0.15, 0.2) is 48.1 Å². The minimum atomic E-state index is -0.564. The third kappa shape index (κ3) is 6.82. The van der Waals surface area contributed by atoms with E-state index in [-0.39, 0.29) is 24.2 Å². The van der Waals surface area contributed by atoms with E-state index in [1.807, 2.05) is 26.4 Å². The third-order valence-corrected chi connectivity index (χ3v) is 6.15. The van der Waals surface area contributed by atoms with Crippen LogP contribution in [0.3, 0.4) is 0 Å². The summed E-state index contributed by atoms with van der Waals surface area (Å²) in [5.74, 6) is 0.0177. The maximum atomic E-state index is 14.3. The Morgan fingerprint density at radius 1 is 1.32 bits per heavy atom. The highest BCUT2D eigenvalue weighted by atomic mass is 19.1. The predicted molar refractivity (Wildman–Crippen MR) is 133 cm³/mol. The molecule has 0 radical (unpaired) electrons. The molecule has 2 aliphatic rings. The molecular weight excluding hydrogens is 435 g/mol. The lowest BCUT2D eigenvalue weighted by Crippen LogP contribution is -2.49. The van der Waals surface area contributed by atoms with Crippen LogP contribution in [0, 0.1) is 11.7 Å². The fraction of sp³-hybridized carbons (Fsp3) is 0.480. The third-order valence-electron chi connectivity index (χ3n) is 6.15. The van der Waals surface area contributed by atoms with E-state index in [4.69, 9.17) is 10.5 Å². The second kappa shape index (κ2) is 12.5. The first-order valence-corrected chi connectivity index (χ1v) is 11.7. The number of carbonyl (C=O) groups is 1. The Kier molecular flexibility index (Phi) is 9.50. The summed E-state index contributed by atoms with van der Waals surface area (Å²) in [5, 5.41) is 15.8. The van der Waals surface area contributed by atoms with E-state index in [1.165, 1.54) is 12.1 Å². The first-order chi connectivity index (χ1) is 16.4. The van der Waals surface area contributed by atoms with Crippen molar-refractivity contribution in [2.45, 2.75) is 32.0 Å². The quantitative estimate of drug-likeness (QED) is 0.267. The molecule has 7 N–H and O–H groups in total. The van der Waals surface area contributed by atoms with Crippen molar-refractivity contribution in [2.24, 2.45) is 11.7 Å². The molecule has 0 aliphatic carbocycles. The number of dihydropyridines is 1. The molecule has 1 aromatic carbocycles. The van der Waals surface area contributed by atoms with Gasteiger partial charge in [0.1, 0.15) is 11.9 Å². The van der Waals surface area contributed by atoms with Gasteiger partial charge in [-0.1, -0.05) is 0 Å². The first-order valence-electron chi connectivity index (χ1n) is 11.7. The normalized spacial score (nSPS) is 21.4. The number of nitrogens with one attached hydrogen (secondary N) is 5. The number of allylic oxidation sites excluding steroid dienone is 1. The topological polar surface area (TPSA) is 112 Å². The number of Topliss-reactive ketones (excluding diaryl/α,β-unsaturated/α-hetero) is 1. The zero-order valence-electron chi connectivity index (χ0n) is 20.2. The molecule has 186 valence electrons. The van der Waals surface area contributed by atoms with Gasteiger partial charge in [-0.25, -0.2) is 4.39 Å². The van der Waals surface area contributed by atoms with Gasteiger partial charge in [-0.05, 0) is 67.6 Å². The van der Waals surface area contributed by atoms with E-state index in [9.17, 15) is 9.18 Å². The molecule has 2 heterocycles. The number of benzene rings is 1. The molecule has 34 heavy (non-hydrogen) atoms. The molecule has 1 fully saturated rings. The molecule has 3 unspecified atom stereocenters. The van der Waals surface area contributed by atoms with E-state index in [2.05, 4.69) is 33.5 Å². The van der Waals surface area contributed by atoms with E-state index < -0.39 is 6.04 Å². The largest absolute Gasteiger partial charge is 0.397 e. The van der Waals surface area contributed by atoms with Gasteiger partial charge in [0.2, 0.25) is 0 Å². The molecule has 9 heteroatoms. The Balaban J connectivity index is 1.61.